The Morgan fingerprint density at radius 2 is 1.83 bits per heavy atom. The minimum Gasteiger partial charge on any atom is -0.446 e. The maximum absolute atomic E-state index is 13.2. The van der Waals surface area contributed by atoms with Gasteiger partial charge in [0.1, 0.15) is 15.9 Å². The zero-order valence-electron chi connectivity index (χ0n) is 20.8. The van der Waals surface area contributed by atoms with Crippen LogP contribution < -0.4 is 15.5 Å². The van der Waals surface area contributed by atoms with E-state index in [0.717, 1.165) is 5.56 Å². The predicted octanol–water partition coefficient (Wildman–Crippen LogP) is 2.51. The zero-order chi connectivity index (χ0) is 25.9. The number of anilines is 2. The Balaban J connectivity index is 1.61. The highest BCUT2D eigenvalue weighted by molar-refractivity contribution is 7.91. The summed E-state index contributed by atoms with van der Waals surface area (Å²) in [5, 5.41) is 0. The number of ether oxygens (including phenoxy) is 2. The summed E-state index contributed by atoms with van der Waals surface area (Å²) in [6, 6.07) is 5.16. The van der Waals surface area contributed by atoms with Crippen molar-refractivity contribution in [3.63, 3.8) is 0 Å². The van der Waals surface area contributed by atoms with E-state index in [1.807, 2.05) is 19.1 Å². The van der Waals surface area contributed by atoms with Gasteiger partial charge in [-0.05, 0) is 37.5 Å². The molecular formula is C25H34N4O6S. The van der Waals surface area contributed by atoms with Gasteiger partial charge in [0.15, 0.2) is 0 Å². The first kappa shape index (κ1) is 26.2. The van der Waals surface area contributed by atoms with Crippen molar-refractivity contribution in [1.29, 1.82) is 0 Å². The van der Waals surface area contributed by atoms with Gasteiger partial charge in [-0.1, -0.05) is 6.07 Å². The molecule has 11 heteroatoms. The summed E-state index contributed by atoms with van der Waals surface area (Å²) in [4.78, 5) is 33.5. The Morgan fingerprint density at radius 3 is 2.47 bits per heavy atom. The summed E-state index contributed by atoms with van der Waals surface area (Å²) in [6.45, 7) is 4.82. The summed E-state index contributed by atoms with van der Waals surface area (Å²) >= 11 is 0. The van der Waals surface area contributed by atoms with Gasteiger partial charge in [-0.15, -0.1) is 0 Å². The minimum absolute atomic E-state index is 0.0823. The van der Waals surface area contributed by atoms with Crippen molar-refractivity contribution in [2.45, 2.75) is 57.7 Å². The highest BCUT2D eigenvalue weighted by Crippen LogP contribution is 2.38. The van der Waals surface area contributed by atoms with Crippen LogP contribution in [0.25, 0.3) is 5.57 Å². The van der Waals surface area contributed by atoms with E-state index in [1.165, 1.54) is 13.1 Å². The number of allylic oxidation sites excluding steroid dienone is 1. The number of carbonyl (C=O) groups excluding carboxylic acids is 2. The lowest BCUT2D eigenvalue weighted by Crippen LogP contribution is -2.52. The molecule has 0 spiro atoms. The van der Waals surface area contributed by atoms with Crippen molar-refractivity contribution in [2.75, 3.05) is 41.1 Å². The van der Waals surface area contributed by atoms with Gasteiger partial charge in [-0.2, -0.15) is 0 Å². The minimum atomic E-state index is -2.97. The molecule has 2 amide bonds. The van der Waals surface area contributed by atoms with Crippen LogP contribution in [-0.4, -0.2) is 76.1 Å². The van der Waals surface area contributed by atoms with Crippen molar-refractivity contribution in [1.82, 2.24) is 0 Å². The van der Waals surface area contributed by atoms with Crippen molar-refractivity contribution in [3.05, 3.63) is 30.0 Å². The highest BCUT2D eigenvalue weighted by Gasteiger charge is 2.35. The SMILES string of the molecule is CC(=O)N1c2ccc(C(C=NC3CCS(=O)(=O)CC3)=CN)cc2N(C(=O)OC2CCOCC2)C[C@@H]1C. The Labute approximate surface area is 212 Å². The van der Waals surface area contributed by atoms with Crippen LogP contribution in [0.3, 0.4) is 0 Å². The Hall–Kier alpha value is -2.92. The molecule has 1 aromatic carbocycles. The maximum Gasteiger partial charge on any atom is 0.414 e. The van der Waals surface area contributed by atoms with Crippen LogP contribution in [0.2, 0.25) is 0 Å². The molecule has 196 valence electrons. The molecule has 0 unspecified atom stereocenters. The molecule has 0 saturated carbocycles. The van der Waals surface area contributed by atoms with Crippen LogP contribution in [0.4, 0.5) is 16.2 Å². The third kappa shape index (κ3) is 5.89. The summed E-state index contributed by atoms with van der Waals surface area (Å²) in [5.41, 5.74) is 8.48. The number of carbonyl (C=O) groups is 2. The predicted molar refractivity (Wildman–Crippen MR) is 139 cm³/mol. The van der Waals surface area contributed by atoms with Crippen LogP contribution in [0, 0.1) is 0 Å². The number of hydrogen-bond acceptors (Lipinski definition) is 8. The molecule has 0 aromatic heterocycles. The summed E-state index contributed by atoms with van der Waals surface area (Å²) in [6.07, 6.45) is 4.71. The quantitative estimate of drug-likeness (QED) is 0.606. The molecule has 3 aliphatic rings. The monoisotopic (exact) mass is 518 g/mol. The third-order valence-electron chi connectivity index (χ3n) is 6.87. The molecule has 2 fully saturated rings. The molecule has 3 aliphatic heterocycles. The van der Waals surface area contributed by atoms with Crippen LogP contribution in [0.5, 0.6) is 0 Å². The van der Waals surface area contributed by atoms with Gasteiger partial charge in [-0.25, -0.2) is 13.2 Å². The fraction of sp³-hybridized carbons (Fsp3) is 0.560. The van der Waals surface area contributed by atoms with Gasteiger partial charge in [-0.3, -0.25) is 14.7 Å². The van der Waals surface area contributed by atoms with E-state index in [-0.39, 0.29) is 35.6 Å². The largest absolute Gasteiger partial charge is 0.446 e. The van der Waals surface area contributed by atoms with Gasteiger partial charge in [0.25, 0.3) is 0 Å². The Morgan fingerprint density at radius 1 is 1.14 bits per heavy atom. The van der Waals surface area contributed by atoms with E-state index < -0.39 is 15.9 Å². The topological polar surface area (TPSA) is 132 Å². The lowest BCUT2D eigenvalue weighted by Gasteiger charge is -2.41. The van der Waals surface area contributed by atoms with Crippen LogP contribution in [-0.2, 0) is 24.1 Å². The number of sulfone groups is 1. The van der Waals surface area contributed by atoms with Crippen molar-refractivity contribution >= 4 is 45.0 Å². The molecule has 0 radical (unpaired) electrons. The van der Waals surface area contributed by atoms with Crippen molar-refractivity contribution < 1.29 is 27.5 Å². The molecule has 0 bridgehead atoms. The number of nitrogens with two attached hydrogens (primary N) is 1. The van der Waals surface area contributed by atoms with Crippen LogP contribution >= 0.6 is 0 Å². The fourth-order valence-corrected chi connectivity index (χ4v) is 6.35. The highest BCUT2D eigenvalue weighted by atomic mass is 32.2. The lowest BCUT2D eigenvalue weighted by molar-refractivity contribution is -0.117. The second-order valence-electron chi connectivity index (χ2n) is 9.53. The fourth-order valence-electron chi connectivity index (χ4n) is 4.88. The maximum atomic E-state index is 13.2. The van der Waals surface area contributed by atoms with E-state index in [9.17, 15) is 18.0 Å². The normalized spacial score (nSPS) is 23.5. The van der Waals surface area contributed by atoms with E-state index in [0.29, 0.717) is 62.4 Å². The first-order valence-electron chi connectivity index (χ1n) is 12.3. The number of hydrogen-bond donors (Lipinski definition) is 1. The van der Waals surface area contributed by atoms with Crippen LogP contribution in [0.15, 0.2) is 29.4 Å². The first-order chi connectivity index (χ1) is 17.2. The average molecular weight is 519 g/mol. The van der Waals surface area contributed by atoms with Crippen molar-refractivity contribution in [3.8, 4) is 0 Å². The van der Waals surface area contributed by atoms with E-state index in [2.05, 4.69) is 4.99 Å². The van der Waals surface area contributed by atoms with Gasteiger partial charge in [0, 0.05) is 44.3 Å². The van der Waals surface area contributed by atoms with Gasteiger partial charge >= 0.3 is 6.09 Å². The van der Waals surface area contributed by atoms with Crippen molar-refractivity contribution in [2.24, 2.45) is 10.7 Å². The number of benzene rings is 1. The Bertz CT molecular complexity index is 1150. The van der Waals surface area contributed by atoms with Crippen LogP contribution in [0.1, 0.15) is 45.1 Å². The smallest absolute Gasteiger partial charge is 0.414 e. The number of nitrogens with zero attached hydrogens (tertiary/aromatic N) is 3. The van der Waals surface area contributed by atoms with E-state index >= 15 is 0 Å². The molecule has 10 nitrogen and oxygen atoms in total. The summed E-state index contributed by atoms with van der Waals surface area (Å²) in [7, 11) is -2.97. The average Bonchev–Trinajstić information content (AvgIpc) is 2.85. The second-order valence-corrected chi connectivity index (χ2v) is 11.8. The van der Waals surface area contributed by atoms with Gasteiger partial charge < -0.3 is 20.1 Å². The molecule has 3 heterocycles. The number of fused-ring (bicyclic) bond motifs is 1. The molecule has 1 atom stereocenters. The molecule has 2 saturated heterocycles. The standard InChI is InChI=1S/C25H34N4O6S/c1-17-16-28(25(31)35-22-5-9-34-10-6-22)24-13-19(3-4-23(24)29(17)18(2)30)20(14-26)15-27-21-7-11-36(32,33)12-8-21/h3-4,13-15,17,21-22H,5-12,16,26H2,1-2H3/t17-/m0/s1. The molecule has 1 aromatic rings. The number of amides is 2. The third-order valence-corrected chi connectivity index (χ3v) is 8.59. The van der Waals surface area contributed by atoms with Gasteiger partial charge in [0.2, 0.25) is 5.91 Å². The van der Waals surface area contributed by atoms with E-state index in [1.54, 1.807) is 22.1 Å². The zero-order valence-corrected chi connectivity index (χ0v) is 21.6. The second kappa shape index (κ2) is 11.0. The Kier molecular flexibility index (Phi) is 7.99. The number of rotatable bonds is 4. The summed E-state index contributed by atoms with van der Waals surface area (Å²) in [5.74, 6) is 0.162. The molecule has 2 N–H and O–H groups in total. The molecular weight excluding hydrogens is 484 g/mol. The number of aliphatic imine (C=N–C) groups is 1. The molecule has 36 heavy (non-hydrogen) atoms. The van der Waals surface area contributed by atoms with E-state index in [4.69, 9.17) is 15.2 Å². The first-order valence-corrected chi connectivity index (χ1v) is 14.2. The molecule has 4 rings (SSSR count). The molecule has 0 aliphatic carbocycles. The van der Waals surface area contributed by atoms with Gasteiger partial charge in [0.05, 0.1) is 48.2 Å². The lowest BCUT2D eigenvalue weighted by atomic mass is 10.0. The summed E-state index contributed by atoms with van der Waals surface area (Å²) < 4.78 is 34.5.